The number of hydrogen-bond acceptors (Lipinski definition) is 5. The second kappa shape index (κ2) is 9.99. The zero-order valence-corrected chi connectivity index (χ0v) is 15.3. The Kier molecular flexibility index (Phi) is 7.99. The van der Waals surface area contributed by atoms with Crippen LogP contribution in [0.25, 0.3) is 0 Å². The van der Waals surface area contributed by atoms with Crippen LogP contribution in [0.5, 0.6) is 5.75 Å². The van der Waals surface area contributed by atoms with Crippen LogP contribution in [0.4, 0.5) is 0 Å². The van der Waals surface area contributed by atoms with E-state index in [1.807, 2.05) is 12.1 Å². The monoisotopic (exact) mass is 336 g/mol. The van der Waals surface area contributed by atoms with Crippen molar-refractivity contribution >= 4 is 0 Å². The summed E-state index contributed by atoms with van der Waals surface area (Å²) in [5, 5.41) is 10.0. The molecule has 2 rings (SSSR count). The van der Waals surface area contributed by atoms with E-state index in [0.29, 0.717) is 32.3 Å². The van der Waals surface area contributed by atoms with Crippen molar-refractivity contribution in [2.45, 2.75) is 25.9 Å². The van der Waals surface area contributed by atoms with E-state index >= 15 is 0 Å². The Balaban J connectivity index is 1.54. The summed E-state index contributed by atoms with van der Waals surface area (Å²) in [4.78, 5) is 4.60. The third kappa shape index (κ3) is 6.77. The van der Waals surface area contributed by atoms with Gasteiger partial charge >= 0.3 is 0 Å². The summed E-state index contributed by atoms with van der Waals surface area (Å²) in [7, 11) is 2.13. The Bertz CT molecular complexity index is 456. The third-order valence-corrected chi connectivity index (χ3v) is 4.42. The van der Waals surface area contributed by atoms with Crippen molar-refractivity contribution in [3.63, 3.8) is 0 Å². The van der Waals surface area contributed by atoms with Crippen LogP contribution in [0.15, 0.2) is 24.3 Å². The van der Waals surface area contributed by atoms with Crippen LogP contribution in [-0.4, -0.2) is 80.6 Å². The predicted molar refractivity (Wildman–Crippen MR) is 96.8 cm³/mol. The molecule has 0 spiro atoms. The maximum absolute atomic E-state index is 10.0. The van der Waals surface area contributed by atoms with Gasteiger partial charge in [-0.2, -0.15) is 0 Å². The van der Waals surface area contributed by atoms with Crippen LogP contribution in [0.3, 0.4) is 0 Å². The first-order chi connectivity index (χ1) is 11.5. The lowest BCUT2D eigenvalue weighted by Gasteiger charge is -2.33. The molecule has 5 nitrogen and oxygen atoms in total. The average molecular weight is 336 g/mol. The molecule has 1 aromatic carbocycles. The molecule has 1 heterocycles. The van der Waals surface area contributed by atoms with Gasteiger partial charge in [-0.05, 0) is 30.7 Å². The van der Waals surface area contributed by atoms with E-state index in [-0.39, 0.29) is 0 Å². The molecule has 1 atom stereocenters. The van der Waals surface area contributed by atoms with Gasteiger partial charge in [-0.25, -0.2) is 0 Å². The maximum atomic E-state index is 10.0. The van der Waals surface area contributed by atoms with Crippen LogP contribution in [0, 0.1) is 0 Å². The summed E-state index contributed by atoms with van der Waals surface area (Å²) in [6.45, 7) is 10.6. The molecular weight excluding hydrogens is 304 g/mol. The van der Waals surface area contributed by atoms with Gasteiger partial charge in [-0.3, -0.25) is 4.90 Å². The molecule has 1 N–H and O–H groups in total. The van der Waals surface area contributed by atoms with E-state index in [0.717, 1.165) is 31.9 Å². The Hall–Kier alpha value is -1.14. The first-order valence-electron chi connectivity index (χ1n) is 8.94. The molecule has 136 valence electrons. The number of nitrogens with zero attached hydrogens (tertiary/aromatic N) is 2. The molecule has 1 aliphatic heterocycles. The number of hydrogen-bond donors (Lipinski definition) is 1. The molecule has 0 saturated carbocycles. The van der Waals surface area contributed by atoms with Gasteiger partial charge in [-0.15, -0.1) is 0 Å². The van der Waals surface area contributed by atoms with Gasteiger partial charge in [-0.1, -0.05) is 26.0 Å². The summed E-state index contributed by atoms with van der Waals surface area (Å²) in [6.07, 6.45) is -0.432. The van der Waals surface area contributed by atoms with Gasteiger partial charge in [0.05, 0.1) is 19.3 Å². The lowest BCUT2D eigenvalue weighted by molar-refractivity contribution is 0.00149. The first kappa shape index (κ1) is 19.2. The van der Waals surface area contributed by atoms with E-state index in [1.165, 1.54) is 5.56 Å². The zero-order chi connectivity index (χ0) is 17.4. The Morgan fingerprint density at radius 2 is 1.71 bits per heavy atom. The van der Waals surface area contributed by atoms with Crippen LogP contribution in [0.1, 0.15) is 25.3 Å². The van der Waals surface area contributed by atoms with Crippen LogP contribution in [-0.2, 0) is 4.74 Å². The molecule has 1 unspecified atom stereocenters. The standard InChI is InChI=1S/C19H32N2O3/c1-16(2)17-4-6-19(7-5-17)24-13-12-23-15-18(22)14-21-10-8-20(3)9-11-21/h4-7,16,18,22H,8-15H2,1-3H3. The van der Waals surface area contributed by atoms with Gasteiger partial charge in [0.15, 0.2) is 0 Å². The molecule has 0 aromatic heterocycles. The second-order valence-corrected chi connectivity index (χ2v) is 6.90. The molecule has 0 amide bonds. The summed E-state index contributed by atoms with van der Waals surface area (Å²) in [5.41, 5.74) is 1.31. The summed E-state index contributed by atoms with van der Waals surface area (Å²) in [5.74, 6) is 1.39. The smallest absolute Gasteiger partial charge is 0.119 e. The number of ether oxygens (including phenoxy) is 2. The molecular formula is C19H32N2O3. The Morgan fingerprint density at radius 1 is 1.04 bits per heavy atom. The van der Waals surface area contributed by atoms with Crippen molar-refractivity contribution < 1.29 is 14.6 Å². The third-order valence-electron chi connectivity index (χ3n) is 4.42. The maximum Gasteiger partial charge on any atom is 0.119 e. The number of aliphatic hydroxyl groups is 1. The number of benzene rings is 1. The van der Waals surface area contributed by atoms with Gasteiger partial charge in [0.2, 0.25) is 0 Å². The van der Waals surface area contributed by atoms with Crippen LogP contribution >= 0.6 is 0 Å². The van der Waals surface area contributed by atoms with Crippen molar-refractivity contribution in [3.05, 3.63) is 29.8 Å². The minimum Gasteiger partial charge on any atom is -0.491 e. The molecule has 1 fully saturated rings. The van der Waals surface area contributed by atoms with Crippen molar-refractivity contribution in [2.24, 2.45) is 0 Å². The Labute approximate surface area is 146 Å². The average Bonchev–Trinajstić information content (AvgIpc) is 2.57. The van der Waals surface area contributed by atoms with Crippen LogP contribution in [0.2, 0.25) is 0 Å². The second-order valence-electron chi connectivity index (χ2n) is 6.90. The van der Waals surface area contributed by atoms with Gasteiger partial charge in [0.25, 0.3) is 0 Å². The topological polar surface area (TPSA) is 45.2 Å². The van der Waals surface area contributed by atoms with Crippen molar-refractivity contribution in [2.75, 3.05) is 59.6 Å². The van der Waals surface area contributed by atoms with Gasteiger partial charge in [0, 0.05) is 32.7 Å². The first-order valence-corrected chi connectivity index (χ1v) is 8.94. The Morgan fingerprint density at radius 3 is 2.33 bits per heavy atom. The van der Waals surface area contributed by atoms with Crippen molar-refractivity contribution in [3.8, 4) is 5.75 Å². The summed E-state index contributed by atoms with van der Waals surface area (Å²) < 4.78 is 11.2. The predicted octanol–water partition coefficient (Wildman–Crippen LogP) is 1.81. The molecule has 0 bridgehead atoms. The van der Waals surface area contributed by atoms with Gasteiger partial charge < -0.3 is 19.5 Å². The van der Waals surface area contributed by atoms with E-state index in [2.05, 4.69) is 42.8 Å². The lowest BCUT2D eigenvalue weighted by Crippen LogP contribution is -2.47. The van der Waals surface area contributed by atoms with E-state index in [9.17, 15) is 5.11 Å². The lowest BCUT2D eigenvalue weighted by atomic mass is 10.0. The number of aliphatic hydroxyl groups excluding tert-OH is 1. The van der Waals surface area contributed by atoms with E-state index in [4.69, 9.17) is 9.47 Å². The summed E-state index contributed by atoms with van der Waals surface area (Å²) >= 11 is 0. The highest BCUT2D eigenvalue weighted by molar-refractivity contribution is 5.28. The van der Waals surface area contributed by atoms with Crippen LogP contribution < -0.4 is 4.74 Å². The number of rotatable bonds is 9. The van der Waals surface area contributed by atoms with Crippen molar-refractivity contribution in [1.82, 2.24) is 9.80 Å². The SMILES string of the molecule is CC(C)c1ccc(OCCOCC(O)CN2CCN(C)CC2)cc1. The molecule has 1 aromatic rings. The van der Waals surface area contributed by atoms with Gasteiger partial charge in [0.1, 0.15) is 12.4 Å². The molecule has 1 aliphatic rings. The highest BCUT2D eigenvalue weighted by Crippen LogP contribution is 2.18. The number of piperazine rings is 1. The number of β-amino-alcohol motifs (C(OH)–C–C–N with tert-alkyl or cyclic N) is 1. The molecule has 24 heavy (non-hydrogen) atoms. The minimum absolute atomic E-state index is 0.363. The number of likely N-dealkylation sites (N-methyl/N-ethyl adjacent to an activating group) is 1. The summed E-state index contributed by atoms with van der Waals surface area (Å²) in [6, 6.07) is 8.19. The zero-order valence-electron chi connectivity index (χ0n) is 15.3. The highest BCUT2D eigenvalue weighted by atomic mass is 16.5. The van der Waals surface area contributed by atoms with Crippen molar-refractivity contribution in [1.29, 1.82) is 0 Å². The molecule has 1 saturated heterocycles. The molecule has 0 aliphatic carbocycles. The fourth-order valence-electron chi connectivity index (χ4n) is 2.77. The normalized spacial score (nSPS) is 18.0. The fourth-order valence-corrected chi connectivity index (χ4v) is 2.77. The van der Waals surface area contributed by atoms with E-state index < -0.39 is 6.10 Å². The molecule has 5 heteroatoms. The highest BCUT2D eigenvalue weighted by Gasteiger charge is 2.16. The largest absolute Gasteiger partial charge is 0.491 e. The minimum atomic E-state index is -0.432. The van der Waals surface area contributed by atoms with E-state index in [1.54, 1.807) is 0 Å². The fraction of sp³-hybridized carbons (Fsp3) is 0.684. The quantitative estimate of drug-likeness (QED) is 0.697. The molecule has 0 radical (unpaired) electrons.